The summed E-state index contributed by atoms with van der Waals surface area (Å²) in [6.45, 7) is 8.23. The molecule has 0 aliphatic carbocycles. The van der Waals surface area contributed by atoms with Crippen LogP contribution >= 0.6 is 0 Å². The Labute approximate surface area is 166 Å². The first-order valence-corrected chi connectivity index (χ1v) is 9.23. The van der Waals surface area contributed by atoms with Crippen molar-refractivity contribution >= 4 is 23.8 Å². The smallest absolute Gasteiger partial charge is 0.410 e. The Morgan fingerprint density at radius 1 is 1.18 bits per heavy atom. The van der Waals surface area contributed by atoms with Gasteiger partial charge in [0.1, 0.15) is 5.60 Å². The summed E-state index contributed by atoms with van der Waals surface area (Å²) >= 11 is 0. The van der Waals surface area contributed by atoms with Crippen molar-refractivity contribution in [3.05, 3.63) is 66.0 Å². The third-order valence-corrected chi connectivity index (χ3v) is 3.78. The van der Waals surface area contributed by atoms with Crippen LogP contribution in [0.2, 0.25) is 0 Å². The third kappa shape index (κ3) is 6.87. The quantitative estimate of drug-likeness (QED) is 0.749. The number of pyridine rings is 1. The minimum Gasteiger partial charge on any atom is -0.444 e. The molecule has 0 fully saturated rings. The van der Waals surface area contributed by atoms with Crippen molar-refractivity contribution in [2.24, 2.45) is 0 Å². The van der Waals surface area contributed by atoms with Crippen LogP contribution in [0.4, 0.5) is 10.5 Å². The normalized spacial score (nSPS) is 11.3. The van der Waals surface area contributed by atoms with Gasteiger partial charge in [-0.2, -0.15) is 0 Å². The molecule has 2 rings (SSSR count). The molecule has 2 amide bonds. The Morgan fingerprint density at radius 3 is 2.57 bits per heavy atom. The molecule has 6 heteroatoms. The monoisotopic (exact) mass is 381 g/mol. The van der Waals surface area contributed by atoms with Crippen molar-refractivity contribution in [2.45, 2.75) is 39.8 Å². The average molecular weight is 381 g/mol. The summed E-state index contributed by atoms with van der Waals surface area (Å²) in [5, 5.41) is 2.87. The molecule has 0 bridgehead atoms. The van der Waals surface area contributed by atoms with Crippen LogP contribution < -0.4 is 5.32 Å². The molecule has 0 unspecified atom stereocenters. The van der Waals surface area contributed by atoms with Crippen molar-refractivity contribution in [2.75, 3.05) is 11.9 Å². The van der Waals surface area contributed by atoms with Gasteiger partial charge in [0.15, 0.2) is 0 Å². The number of nitrogens with one attached hydrogen (secondary N) is 1. The molecule has 1 aromatic heterocycles. The number of para-hydroxylation sites is 1. The zero-order chi connectivity index (χ0) is 20.6. The van der Waals surface area contributed by atoms with Crippen LogP contribution in [0.5, 0.6) is 0 Å². The SMILES string of the molecule is CCN(Cc1ccccc1NC(=O)C=Cc1cccnc1)C(=O)OC(C)(C)C. The number of benzene rings is 1. The summed E-state index contributed by atoms with van der Waals surface area (Å²) in [5.41, 5.74) is 1.77. The van der Waals surface area contributed by atoms with E-state index >= 15 is 0 Å². The second kappa shape index (κ2) is 9.69. The third-order valence-electron chi connectivity index (χ3n) is 3.78. The molecule has 0 saturated carbocycles. The summed E-state index contributed by atoms with van der Waals surface area (Å²) in [6.07, 6.45) is 6.13. The molecule has 1 N–H and O–H groups in total. The molecule has 148 valence electrons. The first-order valence-electron chi connectivity index (χ1n) is 9.23. The maximum absolute atomic E-state index is 12.4. The molecule has 28 heavy (non-hydrogen) atoms. The summed E-state index contributed by atoms with van der Waals surface area (Å²) in [6, 6.07) is 11.1. The zero-order valence-electron chi connectivity index (χ0n) is 16.8. The van der Waals surface area contributed by atoms with Crippen LogP contribution in [0.25, 0.3) is 6.08 Å². The number of aromatic nitrogens is 1. The number of hydrogen-bond acceptors (Lipinski definition) is 4. The Bertz CT molecular complexity index is 826. The number of amides is 2. The highest BCUT2D eigenvalue weighted by Crippen LogP contribution is 2.19. The van der Waals surface area contributed by atoms with Gasteiger partial charge in [0.05, 0.1) is 6.54 Å². The number of carbonyl (C=O) groups excluding carboxylic acids is 2. The molecule has 0 radical (unpaired) electrons. The maximum atomic E-state index is 12.4. The highest BCUT2D eigenvalue weighted by Gasteiger charge is 2.22. The Kier molecular flexibility index (Phi) is 7.32. The molecule has 0 saturated heterocycles. The highest BCUT2D eigenvalue weighted by atomic mass is 16.6. The van der Waals surface area contributed by atoms with E-state index in [0.29, 0.717) is 18.8 Å². The lowest BCUT2D eigenvalue weighted by molar-refractivity contribution is -0.111. The minimum absolute atomic E-state index is 0.253. The molecule has 0 aliphatic heterocycles. The highest BCUT2D eigenvalue weighted by molar-refractivity contribution is 6.02. The van der Waals surface area contributed by atoms with E-state index < -0.39 is 5.60 Å². The van der Waals surface area contributed by atoms with Gasteiger partial charge in [-0.25, -0.2) is 4.79 Å². The van der Waals surface area contributed by atoms with Crippen LogP contribution in [0.3, 0.4) is 0 Å². The summed E-state index contributed by atoms with van der Waals surface area (Å²) in [4.78, 5) is 30.3. The number of hydrogen-bond donors (Lipinski definition) is 1. The van der Waals surface area contributed by atoms with Crippen molar-refractivity contribution in [1.29, 1.82) is 0 Å². The maximum Gasteiger partial charge on any atom is 0.410 e. The largest absolute Gasteiger partial charge is 0.444 e. The van der Waals surface area contributed by atoms with Gasteiger partial charge in [-0.05, 0) is 57.0 Å². The second-order valence-electron chi connectivity index (χ2n) is 7.26. The fourth-order valence-electron chi connectivity index (χ4n) is 2.44. The van der Waals surface area contributed by atoms with E-state index in [1.54, 1.807) is 23.4 Å². The molecule has 0 aliphatic rings. The Hall–Kier alpha value is -3.15. The van der Waals surface area contributed by atoms with Gasteiger partial charge in [0, 0.05) is 30.7 Å². The lowest BCUT2D eigenvalue weighted by atomic mass is 10.1. The van der Waals surface area contributed by atoms with Crippen molar-refractivity contribution in [3.8, 4) is 0 Å². The number of ether oxygens (including phenoxy) is 1. The van der Waals surface area contributed by atoms with Crippen molar-refractivity contribution in [3.63, 3.8) is 0 Å². The van der Waals surface area contributed by atoms with E-state index in [9.17, 15) is 9.59 Å². The van der Waals surface area contributed by atoms with Crippen LogP contribution in [-0.4, -0.2) is 34.0 Å². The predicted molar refractivity (Wildman–Crippen MR) is 111 cm³/mol. The van der Waals surface area contributed by atoms with Gasteiger partial charge in [0.2, 0.25) is 5.91 Å². The van der Waals surface area contributed by atoms with Crippen molar-refractivity contribution in [1.82, 2.24) is 9.88 Å². The summed E-state index contributed by atoms with van der Waals surface area (Å²) in [5.74, 6) is -0.253. The zero-order valence-corrected chi connectivity index (χ0v) is 16.8. The number of carbonyl (C=O) groups is 2. The molecule has 1 heterocycles. The van der Waals surface area contributed by atoms with Crippen LogP contribution in [0.1, 0.15) is 38.8 Å². The van der Waals surface area contributed by atoms with Gasteiger partial charge >= 0.3 is 6.09 Å². The van der Waals surface area contributed by atoms with E-state index in [2.05, 4.69) is 10.3 Å². The summed E-state index contributed by atoms with van der Waals surface area (Å²) < 4.78 is 5.45. The van der Waals surface area contributed by atoms with E-state index in [4.69, 9.17) is 4.74 Å². The topological polar surface area (TPSA) is 71.5 Å². The molecule has 0 spiro atoms. The predicted octanol–water partition coefficient (Wildman–Crippen LogP) is 4.49. The molecule has 1 aromatic carbocycles. The number of nitrogens with zero attached hydrogens (tertiary/aromatic N) is 2. The number of rotatable bonds is 6. The molecule has 6 nitrogen and oxygen atoms in total. The van der Waals surface area contributed by atoms with Crippen LogP contribution in [0.15, 0.2) is 54.9 Å². The van der Waals surface area contributed by atoms with Crippen LogP contribution in [-0.2, 0) is 16.1 Å². The molecule has 0 atom stereocenters. The first-order chi connectivity index (χ1) is 13.3. The molecular formula is C22H27N3O3. The van der Waals surface area contributed by atoms with E-state index in [1.165, 1.54) is 6.08 Å². The van der Waals surface area contributed by atoms with Gasteiger partial charge < -0.3 is 15.0 Å². The average Bonchev–Trinajstić information content (AvgIpc) is 2.65. The van der Waals surface area contributed by atoms with E-state index in [1.807, 2.05) is 64.1 Å². The first kappa shape index (κ1) is 21.2. The Morgan fingerprint density at radius 2 is 1.93 bits per heavy atom. The summed E-state index contributed by atoms with van der Waals surface area (Å²) in [7, 11) is 0. The van der Waals surface area contributed by atoms with E-state index in [0.717, 1.165) is 11.1 Å². The van der Waals surface area contributed by atoms with Gasteiger partial charge in [0.25, 0.3) is 0 Å². The minimum atomic E-state index is -0.560. The molecule has 2 aromatic rings. The molecular weight excluding hydrogens is 354 g/mol. The lowest BCUT2D eigenvalue weighted by Gasteiger charge is -2.27. The van der Waals surface area contributed by atoms with Gasteiger partial charge in [-0.15, -0.1) is 0 Å². The Balaban J connectivity index is 2.08. The lowest BCUT2D eigenvalue weighted by Crippen LogP contribution is -2.36. The fraction of sp³-hybridized carbons (Fsp3) is 0.318. The van der Waals surface area contributed by atoms with Gasteiger partial charge in [-0.1, -0.05) is 24.3 Å². The van der Waals surface area contributed by atoms with Gasteiger partial charge in [-0.3, -0.25) is 9.78 Å². The second-order valence-corrected chi connectivity index (χ2v) is 7.26. The van der Waals surface area contributed by atoms with E-state index in [-0.39, 0.29) is 12.0 Å². The van der Waals surface area contributed by atoms with Crippen molar-refractivity contribution < 1.29 is 14.3 Å². The standard InChI is InChI=1S/C22H27N3O3/c1-5-25(21(27)28-22(2,3)4)16-18-10-6-7-11-19(18)24-20(26)13-12-17-9-8-14-23-15-17/h6-15H,5,16H2,1-4H3,(H,24,26). The fourth-order valence-corrected chi connectivity index (χ4v) is 2.44. The van der Waals surface area contributed by atoms with Crippen LogP contribution in [0, 0.1) is 0 Å². The number of anilines is 1.